The highest BCUT2D eigenvalue weighted by atomic mass is 32.1. The number of carbonyl (C=O) groups is 1. The number of thiazole rings is 1. The quantitative estimate of drug-likeness (QED) is 0.577. The van der Waals surface area contributed by atoms with E-state index in [9.17, 15) is 4.79 Å². The van der Waals surface area contributed by atoms with E-state index >= 15 is 0 Å². The average Bonchev–Trinajstić information content (AvgIpc) is 3.31. The third-order valence-corrected chi connectivity index (χ3v) is 5.47. The molecule has 0 saturated carbocycles. The molecule has 1 aromatic carbocycles. The standard InChI is InChI=1S/C20H19N5OS/c1-3-18-24-16-7-6-13(9-17(16)27-18)20(26)22-10-14-5-4-8-21-19(14)15-11-23-25(2)12-15/h4-9,11-12H,3,10H2,1-2H3,(H,22,26). The Balaban J connectivity index is 1.53. The van der Waals surface area contributed by atoms with E-state index in [1.165, 1.54) is 0 Å². The SMILES string of the molecule is CCc1nc2ccc(C(=O)NCc3cccnc3-c3cnn(C)c3)cc2s1. The Labute approximate surface area is 160 Å². The van der Waals surface area contributed by atoms with Crippen molar-refractivity contribution in [2.75, 3.05) is 0 Å². The molecule has 0 spiro atoms. The number of nitrogens with one attached hydrogen (secondary N) is 1. The number of rotatable bonds is 5. The number of amides is 1. The first-order chi connectivity index (χ1) is 13.1. The van der Waals surface area contributed by atoms with Gasteiger partial charge in [0, 0.05) is 37.1 Å². The lowest BCUT2D eigenvalue weighted by molar-refractivity contribution is 0.0951. The maximum Gasteiger partial charge on any atom is 0.251 e. The van der Waals surface area contributed by atoms with Gasteiger partial charge in [-0.05, 0) is 36.2 Å². The molecule has 4 rings (SSSR count). The summed E-state index contributed by atoms with van der Waals surface area (Å²) < 4.78 is 2.78. The van der Waals surface area contributed by atoms with Crippen LogP contribution in [0.5, 0.6) is 0 Å². The van der Waals surface area contributed by atoms with Crippen LogP contribution < -0.4 is 5.32 Å². The molecule has 27 heavy (non-hydrogen) atoms. The highest BCUT2D eigenvalue weighted by Gasteiger charge is 2.12. The third-order valence-electron chi connectivity index (χ3n) is 4.31. The van der Waals surface area contributed by atoms with Gasteiger partial charge >= 0.3 is 0 Å². The van der Waals surface area contributed by atoms with E-state index in [2.05, 4.69) is 27.3 Å². The van der Waals surface area contributed by atoms with Crippen LogP contribution in [-0.2, 0) is 20.0 Å². The van der Waals surface area contributed by atoms with Crippen LogP contribution in [0.25, 0.3) is 21.5 Å². The van der Waals surface area contributed by atoms with Crippen molar-refractivity contribution in [3.05, 3.63) is 65.1 Å². The van der Waals surface area contributed by atoms with E-state index in [0.29, 0.717) is 12.1 Å². The summed E-state index contributed by atoms with van der Waals surface area (Å²) >= 11 is 1.63. The number of hydrogen-bond donors (Lipinski definition) is 1. The molecule has 6 nitrogen and oxygen atoms in total. The summed E-state index contributed by atoms with van der Waals surface area (Å²) in [6.07, 6.45) is 6.34. The van der Waals surface area contributed by atoms with Crippen LogP contribution >= 0.6 is 11.3 Å². The van der Waals surface area contributed by atoms with Crippen LogP contribution in [0.4, 0.5) is 0 Å². The largest absolute Gasteiger partial charge is 0.348 e. The monoisotopic (exact) mass is 377 g/mol. The minimum Gasteiger partial charge on any atom is -0.348 e. The van der Waals surface area contributed by atoms with Gasteiger partial charge in [0.15, 0.2) is 0 Å². The number of aromatic nitrogens is 4. The maximum absolute atomic E-state index is 12.6. The van der Waals surface area contributed by atoms with Gasteiger partial charge in [0.2, 0.25) is 0 Å². The molecule has 0 saturated heterocycles. The summed E-state index contributed by atoms with van der Waals surface area (Å²) in [4.78, 5) is 21.6. The molecule has 0 fully saturated rings. The number of carbonyl (C=O) groups excluding carboxylic acids is 1. The van der Waals surface area contributed by atoms with Gasteiger partial charge in [-0.1, -0.05) is 13.0 Å². The zero-order valence-electron chi connectivity index (χ0n) is 15.1. The van der Waals surface area contributed by atoms with Gasteiger partial charge in [0.05, 0.1) is 27.1 Å². The molecule has 0 bridgehead atoms. The van der Waals surface area contributed by atoms with Gasteiger partial charge in [-0.25, -0.2) is 4.98 Å². The van der Waals surface area contributed by atoms with Crippen molar-refractivity contribution < 1.29 is 4.79 Å². The van der Waals surface area contributed by atoms with Gasteiger partial charge in [-0.3, -0.25) is 14.5 Å². The number of fused-ring (bicyclic) bond motifs is 1. The van der Waals surface area contributed by atoms with Crippen molar-refractivity contribution in [3.63, 3.8) is 0 Å². The predicted octanol–water partition coefficient (Wildman–Crippen LogP) is 3.58. The maximum atomic E-state index is 12.6. The van der Waals surface area contributed by atoms with Crippen LogP contribution in [0.1, 0.15) is 27.9 Å². The molecule has 0 atom stereocenters. The molecular weight excluding hydrogens is 358 g/mol. The van der Waals surface area contributed by atoms with Gasteiger partial charge in [0.25, 0.3) is 5.91 Å². The lowest BCUT2D eigenvalue weighted by Crippen LogP contribution is -2.23. The molecule has 3 heterocycles. The number of aryl methyl sites for hydroxylation is 2. The van der Waals surface area contributed by atoms with Gasteiger partial charge in [-0.15, -0.1) is 11.3 Å². The zero-order chi connectivity index (χ0) is 18.8. The second-order valence-electron chi connectivity index (χ2n) is 6.24. The Hall–Kier alpha value is -3.06. The third kappa shape index (κ3) is 3.59. The average molecular weight is 377 g/mol. The van der Waals surface area contributed by atoms with Crippen LogP contribution in [0.2, 0.25) is 0 Å². The van der Waals surface area contributed by atoms with Crippen molar-refractivity contribution >= 4 is 27.5 Å². The molecule has 7 heteroatoms. The van der Waals surface area contributed by atoms with E-state index in [4.69, 9.17) is 0 Å². The predicted molar refractivity (Wildman–Crippen MR) is 107 cm³/mol. The number of benzene rings is 1. The molecule has 1 N–H and O–H groups in total. The molecule has 0 aliphatic carbocycles. The fraction of sp³-hybridized carbons (Fsp3) is 0.200. The zero-order valence-corrected chi connectivity index (χ0v) is 16.0. The van der Waals surface area contributed by atoms with Crippen molar-refractivity contribution in [3.8, 4) is 11.3 Å². The Morgan fingerprint density at radius 1 is 1.30 bits per heavy atom. The topological polar surface area (TPSA) is 72.7 Å². The van der Waals surface area contributed by atoms with Crippen LogP contribution in [-0.4, -0.2) is 25.7 Å². The molecule has 3 aromatic heterocycles. The van der Waals surface area contributed by atoms with E-state index in [-0.39, 0.29) is 5.91 Å². The summed E-state index contributed by atoms with van der Waals surface area (Å²) in [5.74, 6) is -0.107. The van der Waals surface area contributed by atoms with Crippen molar-refractivity contribution in [2.24, 2.45) is 7.05 Å². The summed E-state index contributed by atoms with van der Waals surface area (Å²) in [6.45, 7) is 2.48. The molecule has 1 amide bonds. The van der Waals surface area contributed by atoms with Gasteiger partial charge in [0.1, 0.15) is 0 Å². The number of nitrogens with zero attached hydrogens (tertiary/aromatic N) is 4. The Morgan fingerprint density at radius 3 is 2.96 bits per heavy atom. The normalized spacial score (nSPS) is 11.0. The van der Waals surface area contributed by atoms with Gasteiger partial charge in [-0.2, -0.15) is 5.10 Å². The lowest BCUT2D eigenvalue weighted by Gasteiger charge is -2.09. The van der Waals surface area contributed by atoms with Crippen molar-refractivity contribution in [2.45, 2.75) is 19.9 Å². The lowest BCUT2D eigenvalue weighted by atomic mass is 10.1. The Kier molecular flexibility index (Phi) is 4.68. The summed E-state index contributed by atoms with van der Waals surface area (Å²) in [6, 6.07) is 9.48. The first-order valence-electron chi connectivity index (χ1n) is 8.74. The van der Waals surface area contributed by atoms with E-state index in [0.717, 1.165) is 38.5 Å². The van der Waals surface area contributed by atoms with Crippen molar-refractivity contribution in [1.29, 1.82) is 0 Å². The molecule has 0 radical (unpaired) electrons. The molecule has 0 unspecified atom stereocenters. The molecule has 136 valence electrons. The van der Waals surface area contributed by atoms with E-state index < -0.39 is 0 Å². The van der Waals surface area contributed by atoms with E-state index in [1.54, 1.807) is 28.4 Å². The Bertz CT molecular complexity index is 1110. The van der Waals surface area contributed by atoms with Crippen LogP contribution in [0, 0.1) is 0 Å². The second-order valence-corrected chi connectivity index (χ2v) is 7.36. The Morgan fingerprint density at radius 2 is 2.19 bits per heavy atom. The first-order valence-corrected chi connectivity index (χ1v) is 9.56. The second kappa shape index (κ2) is 7.28. The molecular formula is C20H19N5OS. The summed E-state index contributed by atoms with van der Waals surface area (Å²) in [5.41, 5.74) is 4.29. The molecule has 0 aliphatic rings. The minimum absolute atomic E-state index is 0.107. The fourth-order valence-electron chi connectivity index (χ4n) is 2.93. The van der Waals surface area contributed by atoms with Crippen molar-refractivity contribution in [1.82, 2.24) is 25.1 Å². The van der Waals surface area contributed by atoms with Crippen LogP contribution in [0.15, 0.2) is 48.9 Å². The summed E-state index contributed by atoms with van der Waals surface area (Å²) in [5, 5.41) is 8.28. The highest BCUT2D eigenvalue weighted by molar-refractivity contribution is 7.18. The molecule has 0 aliphatic heterocycles. The number of pyridine rings is 1. The first kappa shape index (κ1) is 17.4. The van der Waals surface area contributed by atoms with Crippen LogP contribution in [0.3, 0.4) is 0 Å². The van der Waals surface area contributed by atoms with E-state index in [1.807, 2.05) is 43.6 Å². The minimum atomic E-state index is -0.107. The fourth-order valence-corrected chi connectivity index (χ4v) is 3.87. The highest BCUT2D eigenvalue weighted by Crippen LogP contribution is 2.24. The van der Waals surface area contributed by atoms with Gasteiger partial charge < -0.3 is 5.32 Å². The smallest absolute Gasteiger partial charge is 0.251 e. The summed E-state index contributed by atoms with van der Waals surface area (Å²) in [7, 11) is 1.87. The molecule has 4 aromatic rings. The number of hydrogen-bond acceptors (Lipinski definition) is 5.